The zero-order chi connectivity index (χ0) is 18.0. The number of nitrogens with one attached hydrogen (secondary N) is 1. The predicted molar refractivity (Wildman–Crippen MR) is 98.9 cm³/mol. The molecule has 1 amide bonds. The Labute approximate surface area is 152 Å². The molecule has 0 bridgehead atoms. The molecule has 0 saturated heterocycles. The van der Waals surface area contributed by atoms with Crippen LogP contribution in [0.15, 0.2) is 48.5 Å². The Balaban J connectivity index is 1.77. The maximum absolute atomic E-state index is 13.1. The van der Waals surface area contributed by atoms with Gasteiger partial charge in [0.05, 0.1) is 0 Å². The van der Waals surface area contributed by atoms with Gasteiger partial charge in [-0.2, -0.15) is 0 Å². The van der Waals surface area contributed by atoms with Crippen LogP contribution in [0, 0.1) is 5.82 Å². The number of carbonyl (C=O) groups excluding carboxylic acids is 1. The van der Waals surface area contributed by atoms with Gasteiger partial charge in [0.15, 0.2) is 0 Å². The number of halogens is 1. The van der Waals surface area contributed by atoms with Crippen LogP contribution in [-0.2, 0) is 4.79 Å². The van der Waals surface area contributed by atoms with Gasteiger partial charge in [0.1, 0.15) is 0 Å². The summed E-state index contributed by atoms with van der Waals surface area (Å²) in [5.74, 6) is 0.279. The first kappa shape index (κ1) is 18.0. The van der Waals surface area contributed by atoms with Crippen molar-refractivity contribution in [3.63, 3.8) is 0 Å². The first-order chi connectivity index (χ1) is 12.0. The van der Waals surface area contributed by atoms with Gasteiger partial charge < -0.3 is 0 Å². The van der Waals surface area contributed by atoms with E-state index in [0.29, 0.717) is 11.3 Å². The molecule has 1 heterocycles. The van der Waals surface area contributed by atoms with E-state index < -0.39 is 14.7 Å². The number of para-hydroxylation sites is 1. The zero-order valence-corrected chi connectivity index (χ0v) is 16.6. The van der Waals surface area contributed by atoms with E-state index in [9.17, 15) is 9.18 Å². The van der Waals surface area contributed by atoms with Gasteiger partial charge in [-0.1, -0.05) is 0 Å². The molecule has 2 aromatic rings. The van der Waals surface area contributed by atoms with E-state index in [4.69, 9.17) is 4.74 Å². The van der Waals surface area contributed by atoms with Crippen LogP contribution in [0.25, 0.3) is 0 Å². The van der Waals surface area contributed by atoms with Crippen LogP contribution in [-0.4, -0.2) is 33.2 Å². The van der Waals surface area contributed by atoms with Crippen molar-refractivity contribution in [1.29, 1.82) is 0 Å². The Morgan fingerprint density at radius 1 is 1.20 bits per heavy atom. The van der Waals surface area contributed by atoms with Crippen LogP contribution >= 0.6 is 0 Å². The average molecular weight is 403 g/mol. The molecule has 3 atom stereocenters. The quantitative estimate of drug-likeness (QED) is 0.787. The Bertz CT molecular complexity index is 748. The number of ether oxygens (including phenoxy) is 1. The third kappa shape index (κ3) is 3.90. The average Bonchev–Trinajstić information content (AvgIpc) is 2.61. The number of benzene rings is 2. The molecule has 3 rings (SSSR count). The summed E-state index contributed by atoms with van der Waals surface area (Å²) in [7, 11) is 0. The van der Waals surface area contributed by atoms with Crippen LogP contribution in [0.1, 0.15) is 28.7 Å². The minimum absolute atomic E-state index is 0.0136. The molecule has 0 aromatic heterocycles. The van der Waals surface area contributed by atoms with Gasteiger partial charge in [-0.05, 0) is 0 Å². The van der Waals surface area contributed by atoms with Crippen molar-refractivity contribution < 1.29 is 13.9 Å². The number of hydrogen-bond acceptors (Lipinski definition) is 2. The van der Waals surface area contributed by atoms with E-state index in [1.165, 1.54) is 17.7 Å². The van der Waals surface area contributed by atoms with Crippen LogP contribution in [0.4, 0.5) is 4.39 Å². The summed E-state index contributed by atoms with van der Waals surface area (Å²) in [6.45, 7) is 2.35. The molecule has 0 fully saturated rings. The van der Waals surface area contributed by atoms with Crippen LogP contribution in [0.2, 0.25) is 11.4 Å². The molecule has 25 heavy (non-hydrogen) atoms. The van der Waals surface area contributed by atoms with E-state index >= 15 is 0 Å². The van der Waals surface area contributed by atoms with Crippen molar-refractivity contribution in [1.82, 2.24) is 5.32 Å². The molecule has 1 aliphatic rings. The van der Waals surface area contributed by atoms with E-state index in [-0.39, 0.29) is 23.7 Å². The molecule has 0 spiro atoms. The molecule has 1 N–H and O–H groups in total. The summed E-state index contributed by atoms with van der Waals surface area (Å²) < 4.78 is 19.3. The van der Waals surface area contributed by atoms with E-state index in [1.807, 2.05) is 25.1 Å². The molecule has 0 aliphatic carbocycles. The van der Waals surface area contributed by atoms with Crippen molar-refractivity contribution in [2.24, 2.45) is 0 Å². The minimum atomic E-state index is -1.13. The molecule has 132 valence electrons. The Morgan fingerprint density at radius 2 is 1.88 bits per heavy atom. The molecule has 0 radical (unpaired) electrons. The van der Waals surface area contributed by atoms with Gasteiger partial charge in [-0.25, -0.2) is 0 Å². The van der Waals surface area contributed by atoms with E-state index in [0.717, 1.165) is 11.3 Å². The van der Waals surface area contributed by atoms with Gasteiger partial charge in [0.2, 0.25) is 0 Å². The van der Waals surface area contributed by atoms with Crippen molar-refractivity contribution >= 4 is 20.6 Å². The third-order valence-electron chi connectivity index (χ3n) is 4.68. The maximum atomic E-state index is 13.1. The fraction of sp³-hybridized carbons (Fsp3) is 0.350. The van der Waals surface area contributed by atoms with Gasteiger partial charge in [0, 0.05) is 0 Å². The van der Waals surface area contributed by atoms with Crippen LogP contribution < -0.4 is 10.1 Å². The fourth-order valence-corrected chi connectivity index (χ4v) is 6.77. The van der Waals surface area contributed by atoms with Gasteiger partial charge in [-0.15, -0.1) is 0 Å². The van der Waals surface area contributed by atoms with Crippen molar-refractivity contribution in [2.45, 2.75) is 35.0 Å². The zero-order valence-electron chi connectivity index (χ0n) is 14.7. The second kappa shape index (κ2) is 7.61. The summed E-state index contributed by atoms with van der Waals surface area (Å²) >= 11 is -1.13. The van der Waals surface area contributed by atoms with Crippen LogP contribution in [0.5, 0.6) is 5.75 Å². The number of hydrogen-bond donors (Lipinski definition) is 1. The summed E-state index contributed by atoms with van der Waals surface area (Å²) in [4.78, 5) is 12.7. The third-order valence-corrected chi connectivity index (χ3v) is 8.36. The number of rotatable bonds is 4. The number of amides is 1. The van der Waals surface area contributed by atoms with Gasteiger partial charge in [-0.3, -0.25) is 0 Å². The second-order valence-electron chi connectivity index (χ2n) is 6.65. The molecule has 2 aromatic carbocycles. The van der Waals surface area contributed by atoms with Crippen molar-refractivity contribution in [3.05, 3.63) is 65.5 Å². The number of carbonyl (C=O) groups is 1. The van der Waals surface area contributed by atoms with Crippen LogP contribution in [0.3, 0.4) is 0 Å². The first-order valence-electron chi connectivity index (χ1n) is 8.41. The summed E-state index contributed by atoms with van der Waals surface area (Å²) in [5, 5.41) is 3.18. The van der Waals surface area contributed by atoms with E-state index in [2.05, 4.69) is 22.8 Å². The topological polar surface area (TPSA) is 38.3 Å². The summed E-state index contributed by atoms with van der Waals surface area (Å²) in [6.07, 6.45) is 0. The Morgan fingerprint density at radius 3 is 2.56 bits per heavy atom. The molecule has 3 nitrogen and oxygen atoms in total. The first-order valence-corrected chi connectivity index (χ1v) is 13.2. The normalized spacial score (nSPS) is 20.5. The summed E-state index contributed by atoms with van der Waals surface area (Å²) in [5.41, 5.74) is 6.64. The van der Waals surface area contributed by atoms with Crippen molar-refractivity contribution in [3.8, 4) is 5.75 Å². The Kier molecular flexibility index (Phi) is 5.48. The number of fused-ring (bicyclic) bond motifs is 1. The molecule has 5 heteroatoms. The fourth-order valence-electron chi connectivity index (χ4n) is 3.31. The Hall–Kier alpha value is -1.80. The van der Waals surface area contributed by atoms with Crippen molar-refractivity contribution in [2.75, 3.05) is 6.61 Å². The van der Waals surface area contributed by atoms with Gasteiger partial charge in [0.25, 0.3) is 0 Å². The second-order valence-corrected chi connectivity index (χ2v) is 11.9. The van der Waals surface area contributed by atoms with E-state index in [1.54, 1.807) is 12.1 Å². The SMILES string of the molecule is C[C@H](C(=O)N[C@H]1COc2ccccc2[C@@H]1[As](C)C)c1ccc(F)cc1. The monoisotopic (exact) mass is 403 g/mol. The molecule has 1 aliphatic heterocycles. The van der Waals surface area contributed by atoms with Gasteiger partial charge >= 0.3 is 153 Å². The molecule has 0 unspecified atom stereocenters. The summed E-state index contributed by atoms with van der Waals surface area (Å²) in [6, 6.07) is 14.2. The standard InChI is InChI=1S/C20H23AsFNO2/c1-13(14-8-10-15(22)11-9-14)20(24)23-17-12-25-18-7-5-4-6-16(18)19(17)21(2)3/h4-11,13,17,19H,12H2,1-3H3,(H,23,24)/t13-,17-,19-/m0/s1. The predicted octanol–water partition coefficient (Wildman–Crippen LogP) is 3.88. The molecular formula is C20H23AsFNO2. The molecular weight excluding hydrogens is 380 g/mol. The molecule has 0 saturated carbocycles.